The minimum atomic E-state index is -0.314. The molecule has 6 nitrogen and oxygen atoms in total. The lowest BCUT2D eigenvalue weighted by molar-refractivity contribution is -0.114. The van der Waals surface area contributed by atoms with Crippen molar-refractivity contribution in [2.75, 3.05) is 23.8 Å². The molecule has 0 saturated carbocycles. The normalized spacial score (nSPS) is 12.4. The number of carbonyl (C=O) groups excluding carboxylic acids is 2. The summed E-state index contributed by atoms with van der Waals surface area (Å²) in [5, 5.41) is 5.87. The summed E-state index contributed by atoms with van der Waals surface area (Å²) in [4.78, 5) is 23.6. The van der Waals surface area contributed by atoms with Crippen molar-refractivity contribution in [1.82, 2.24) is 0 Å². The third-order valence-electron chi connectivity index (χ3n) is 3.65. The van der Waals surface area contributed by atoms with E-state index in [9.17, 15) is 9.59 Å². The molecule has 0 saturated heterocycles. The number of rotatable bonds is 3. The SMILES string of the molecule is CC(=O)Nc1ccc(NC(=O)c2cc(Cl)c3c(c2)OCCO3)cc1C. The molecular formula is C18H17ClN2O4. The zero-order valence-corrected chi connectivity index (χ0v) is 14.6. The fraction of sp³-hybridized carbons (Fsp3) is 0.222. The molecule has 2 amide bonds. The van der Waals surface area contributed by atoms with E-state index in [2.05, 4.69) is 10.6 Å². The van der Waals surface area contributed by atoms with Gasteiger partial charge in [-0.05, 0) is 42.8 Å². The summed E-state index contributed by atoms with van der Waals surface area (Å²) in [5.41, 5.74) is 2.53. The maximum atomic E-state index is 12.5. The van der Waals surface area contributed by atoms with Crippen LogP contribution in [0.4, 0.5) is 11.4 Å². The topological polar surface area (TPSA) is 76.7 Å². The summed E-state index contributed by atoms with van der Waals surface area (Å²) in [5.74, 6) is 0.456. The van der Waals surface area contributed by atoms with Gasteiger partial charge in [0.15, 0.2) is 11.5 Å². The van der Waals surface area contributed by atoms with Crippen molar-refractivity contribution in [2.24, 2.45) is 0 Å². The van der Waals surface area contributed by atoms with E-state index < -0.39 is 0 Å². The number of hydrogen-bond donors (Lipinski definition) is 2. The lowest BCUT2D eigenvalue weighted by Crippen LogP contribution is -2.18. The lowest BCUT2D eigenvalue weighted by Gasteiger charge is -2.20. The fourth-order valence-electron chi connectivity index (χ4n) is 2.52. The van der Waals surface area contributed by atoms with Gasteiger partial charge in [-0.2, -0.15) is 0 Å². The molecule has 1 aliphatic heterocycles. The maximum absolute atomic E-state index is 12.5. The van der Waals surface area contributed by atoms with Crippen molar-refractivity contribution in [3.8, 4) is 11.5 Å². The molecule has 130 valence electrons. The second kappa shape index (κ2) is 7.03. The highest BCUT2D eigenvalue weighted by molar-refractivity contribution is 6.32. The van der Waals surface area contributed by atoms with Gasteiger partial charge in [0.05, 0.1) is 5.02 Å². The van der Waals surface area contributed by atoms with Gasteiger partial charge in [-0.15, -0.1) is 0 Å². The van der Waals surface area contributed by atoms with Crippen molar-refractivity contribution in [2.45, 2.75) is 13.8 Å². The second-order valence-electron chi connectivity index (χ2n) is 5.65. The molecule has 1 heterocycles. The first kappa shape index (κ1) is 17.1. The Labute approximate surface area is 150 Å². The van der Waals surface area contributed by atoms with Gasteiger partial charge in [-0.1, -0.05) is 11.6 Å². The zero-order valence-electron chi connectivity index (χ0n) is 13.8. The number of fused-ring (bicyclic) bond motifs is 1. The Hall–Kier alpha value is -2.73. The Morgan fingerprint density at radius 1 is 1.08 bits per heavy atom. The molecule has 0 aromatic heterocycles. The number of benzene rings is 2. The molecule has 1 aliphatic rings. The van der Waals surface area contributed by atoms with E-state index in [-0.39, 0.29) is 11.8 Å². The summed E-state index contributed by atoms with van der Waals surface area (Å²) in [6.07, 6.45) is 0. The van der Waals surface area contributed by atoms with Gasteiger partial charge in [0.2, 0.25) is 5.91 Å². The average Bonchev–Trinajstić information content (AvgIpc) is 2.57. The summed E-state index contributed by atoms with van der Waals surface area (Å²) in [6.45, 7) is 4.14. The van der Waals surface area contributed by atoms with Crippen LogP contribution in [0.2, 0.25) is 5.02 Å². The Bertz CT molecular complexity index is 851. The minimum Gasteiger partial charge on any atom is -0.486 e. The van der Waals surface area contributed by atoms with Crippen LogP contribution in [0.3, 0.4) is 0 Å². The third-order valence-corrected chi connectivity index (χ3v) is 3.93. The highest BCUT2D eigenvalue weighted by Gasteiger charge is 2.19. The Morgan fingerprint density at radius 2 is 1.84 bits per heavy atom. The van der Waals surface area contributed by atoms with E-state index in [4.69, 9.17) is 21.1 Å². The van der Waals surface area contributed by atoms with Crippen LogP contribution >= 0.6 is 11.6 Å². The van der Waals surface area contributed by atoms with Crippen LogP contribution in [0.15, 0.2) is 30.3 Å². The zero-order chi connectivity index (χ0) is 18.0. The van der Waals surface area contributed by atoms with Crippen LogP contribution in [-0.2, 0) is 4.79 Å². The van der Waals surface area contributed by atoms with Gasteiger partial charge in [0.25, 0.3) is 5.91 Å². The van der Waals surface area contributed by atoms with Crippen LogP contribution in [0.5, 0.6) is 11.5 Å². The molecule has 0 bridgehead atoms. The van der Waals surface area contributed by atoms with Gasteiger partial charge < -0.3 is 20.1 Å². The van der Waals surface area contributed by atoms with E-state index in [0.717, 1.165) is 5.56 Å². The molecule has 0 aliphatic carbocycles. The molecule has 0 spiro atoms. The lowest BCUT2D eigenvalue weighted by atomic mass is 10.1. The molecule has 7 heteroatoms. The first-order valence-corrected chi connectivity index (χ1v) is 8.10. The largest absolute Gasteiger partial charge is 0.486 e. The van der Waals surface area contributed by atoms with Crippen molar-refractivity contribution >= 4 is 34.8 Å². The highest BCUT2D eigenvalue weighted by atomic mass is 35.5. The smallest absolute Gasteiger partial charge is 0.255 e. The number of ether oxygens (including phenoxy) is 2. The summed E-state index contributed by atoms with van der Waals surface area (Å²) in [6, 6.07) is 8.39. The number of amides is 2. The van der Waals surface area contributed by atoms with Crippen LogP contribution < -0.4 is 20.1 Å². The minimum absolute atomic E-state index is 0.147. The van der Waals surface area contributed by atoms with Crippen molar-refractivity contribution in [1.29, 1.82) is 0 Å². The molecule has 25 heavy (non-hydrogen) atoms. The number of aryl methyl sites for hydroxylation is 1. The predicted molar refractivity (Wildman–Crippen MR) is 95.9 cm³/mol. The van der Waals surface area contributed by atoms with Crippen molar-refractivity contribution in [3.63, 3.8) is 0 Å². The second-order valence-corrected chi connectivity index (χ2v) is 6.05. The summed E-state index contributed by atoms with van der Waals surface area (Å²) in [7, 11) is 0. The molecule has 3 rings (SSSR count). The third kappa shape index (κ3) is 3.85. The first-order valence-electron chi connectivity index (χ1n) is 7.73. The first-order chi connectivity index (χ1) is 11.9. The molecule has 0 fully saturated rings. The van der Waals surface area contributed by atoms with Crippen LogP contribution in [0, 0.1) is 6.92 Å². The van der Waals surface area contributed by atoms with Gasteiger partial charge in [0.1, 0.15) is 13.2 Å². The van der Waals surface area contributed by atoms with E-state index in [1.807, 2.05) is 6.92 Å². The number of hydrogen-bond acceptors (Lipinski definition) is 4. The van der Waals surface area contributed by atoms with Gasteiger partial charge in [-0.25, -0.2) is 0 Å². The van der Waals surface area contributed by atoms with Crippen molar-refractivity contribution < 1.29 is 19.1 Å². The molecule has 2 aromatic rings. The standard InChI is InChI=1S/C18H17ClN2O4/c1-10-7-13(3-4-15(10)20-11(2)22)21-18(23)12-8-14(19)17-16(9-12)24-5-6-25-17/h3-4,7-9H,5-6H2,1-2H3,(H,20,22)(H,21,23). The van der Waals surface area contributed by atoms with E-state index in [1.165, 1.54) is 6.92 Å². The van der Waals surface area contributed by atoms with Gasteiger partial charge in [-0.3, -0.25) is 9.59 Å². The van der Waals surface area contributed by atoms with E-state index in [1.54, 1.807) is 30.3 Å². The number of halogens is 1. The summed E-state index contributed by atoms with van der Waals surface area (Å²) < 4.78 is 10.9. The molecule has 2 N–H and O–H groups in total. The monoisotopic (exact) mass is 360 g/mol. The molecule has 2 aromatic carbocycles. The molecular weight excluding hydrogens is 344 g/mol. The summed E-state index contributed by atoms with van der Waals surface area (Å²) >= 11 is 6.16. The van der Waals surface area contributed by atoms with Crippen LogP contribution in [0.1, 0.15) is 22.8 Å². The average molecular weight is 361 g/mol. The quantitative estimate of drug-likeness (QED) is 0.876. The van der Waals surface area contributed by atoms with Crippen LogP contribution in [0.25, 0.3) is 0 Å². The Balaban J connectivity index is 1.79. The molecule has 0 unspecified atom stereocenters. The predicted octanol–water partition coefficient (Wildman–Crippen LogP) is 3.63. The Morgan fingerprint density at radius 3 is 2.56 bits per heavy atom. The van der Waals surface area contributed by atoms with Crippen molar-refractivity contribution in [3.05, 3.63) is 46.5 Å². The Kier molecular flexibility index (Phi) is 4.81. The van der Waals surface area contributed by atoms with Crippen LogP contribution in [-0.4, -0.2) is 25.0 Å². The maximum Gasteiger partial charge on any atom is 0.255 e. The van der Waals surface area contributed by atoms with Gasteiger partial charge in [0, 0.05) is 23.9 Å². The van der Waals surface area contributed by atoms with Gasteiger partial charge >= 0.3 is 0 Å². The number of carbonyl (C=O) groups is 2. The van der Waals surface area contributed by atoms with E-state index >= 15 is 0 Å². The fourth-order valence-corrected chi connectivity index (χ4v) is 2.78. The molecule has 0 atom stereocenters. The van der Waals surface area contributed by atoms with E-state index in [0.29, 0.717) is 46.7 Å². The number of nitrogens with one attached hydrogen (secondary N) is 2. The highest BCUT2D eigenvalue weighted by Crippen LogP contribution is 2.38. The number of anilines is 2. The molecule has 0 radical (unpaired) electrons.